The minimum absolute atomic E-state index is 0.261. The van der Waals surface area contributed by atoms with Gasteiger partial charge in [0.2, 0.25) is 0 Å². The number of hydrogen-bond acceptors (Lipinski definition) is 4. The third kappa shape index (κ3) is 3.34. The van der Waals surface area contributed by atoms with Crippen LogP contribution in [0.3, 0.4) is 0 Å². The number of nitro groups is 1. The van der Waals surface area contributed by atoms with Crippen molar-refractivity contribution < 1.29 is 9.31 Å². The summed E-state index contributed by atoms with van der Waals surface area (Å²) >= 11 is 0. The Kier molecular flexibility index (Phi) is 4.14. The second-order valence-corrected chi connectivity index (χ2v) is 4.56. The molecule has 0 N–H and O–H groups in total. The summed E-state index contributed by atoms with van der Waals surface area (Å²) in [4.78, 5) is 11.9. The van der Waals surface area contributed by atoms with Crippen LogP contribution in [0.5, 0.6) is 0 Å². The normalized spacial score (nSPS) is 9.95. The summed E-state index contributed by atoms with van der Waals surface area (Å²) in [6.45, 7) is 0.261. The van der Waals surface area contributed by atoms with E-state index in [2.05, 4.69) is 6.07 Å². The van der Waals surface area contributed by atoms with Crippen LogP contribution in [0.4, 0.5) is 15.8 Å². The van der Waals surface area contributed by atoms with Crippen LogP contribution >= 0.6 is 0 Å². The SMILES string of the molecule is CN(Cc1cc(F)cc([N+](=O)[O-])c1)c1ccccc1C#N. The summed E-state index contributed by atoms with van der Waals surface area (Å²) in [5, 5.41) is 19.8. The van der Waals surface area contributed by atoms with Gasteiger partial charge in [0.15, 0.2) is 0 Å². The lowest BCUT2D eigenvalue weighted by molar-refractivity contribution is -0.385. The van der Waals surface area contributed by atoms with E-state index in [0.29, 0.717) is 16.8 Å². The van der Waals surface area contributed by atoms with Crippen molar-refractivity contribution in [3.63, 3.8) is 0 Å². The fourth-order valence-corrected chi connectivity index (χ4v) is 2.09. The largest absolute Gasteiger partial charge is 0.369 e. The molecule has 21 heavy (non-hydrogen) atoms. The Morgan fingerprint density at radius 3 is 2.71 bits per heavy atom. The Labute approximate surface area is 121 Å². The van der Waals surface area contributed by atoms with Crippen LogP contribution in [0, 0.1) is 27.3 Å². The van der Waals surface area contributed by atoms with Gasteiger partial charge >= 0.3 is 0 Å². The molecule has 0 aromatic heterocycles. The van der Waals surface area contributed by atoms with Gasteiger partial charge in [-0.25, -0.2) is 4.39 Å². The summed E-state index contributed by atoms with van der Waals surface area (Å²) in [6, 6.07) is 12.5. The molecule has 0 unspecified atom stereocenters. The molecule has 0 saturated carbocycles. The van der Waals surface area contributed by atoms with E-state index in [9.17, 15) is 14.5 Å². The zero-order valence-electron chi connectivity index (χ0n) is 11.3. The number of halogens is 1. The quantitative estimate of drug-likeness (QED) is 0.638. The Morgan fingerprint density at radius 1 is 1.33 bits per heavy atom. The van der Waals surface area contributed by atoms with Gasteiger partial charge in [-0.2, -0.15) is 5.26 Å². The van der Waals surface area contributed by atoms with E-state index in [-0.39, 0.29) is 12.2 Å². The van der Waals surface area contributed by atoms with E-state index in [4.69, 9.17) is 5.26 Å². The van der Waals surface area contributed by atoms with E-state index in [0.717, 1.165) is 6.07 Å². The molecule has 0 aliphatic carbocycles. The molecule has 0 atom stereocenters. The van der Waals surface area contributed by atoms with Crippen molar-refractivity contribution in [1.82, 2.24) is 0 Å². The Balaban J connectivity index is 2.30. The zero-order valence-corrected chi connectivity index (χ0v) is 11.3. The fraction of sp³-hybridized carbons (Fsp3) is 0.133. The topological polar surface area (TPSA) is 70.2 Å². The lowest BCUT2D eigenvalue weighted by Crippen LogP contribution is -2.17. The molecule has 106 valence electrons. The van der Waals surface area contributed by atoms with Crippen LogP contribution in [-0.4, -0.2) is 12.0 Å². The summed E-state index contributed by atoms with van der Waals surface area (Å²) < 4.78 is 13.4. The molecule has 0 fully saturated rings. The number of anilines is 1. The molecule has 0 aliphatic heterocycles. The highest BCUT2D eigenvalue weighted by Crippen LogP contribution is 2.22. The van der Waals surface area contributed by atoms with E-state index >= 15 is 0 Å². The van der Waals surface area contributed by atoms with Crippen LogP contribution in [0.15, 0.2) is 42.5 Å². The van der Waals surface area contributed by atoms with Crippen molar-refractivity contribution in [2.75, 3.05) is 11.9 Å². The van der Waals surface area contributed by atoms with Crippen LogP contribution < -0.4 is 4.90 Å². The minimum atomic E-state index is -0.652. The third-order valence-electron chi connectivity index (χ3n) is 3.01. The smallest absolute Gasteiger partial charge is 0.272 e. The molecular formula is C15H12FN3O2. The van der Waals surface area contributed by atoms with Crippen molar-refractivity contribution >= 4 is 11.4 Å². The molecule has 0 bridgehead atoms. The van der Waals surface area contributed by atoms with Crippen LogP contribution in [0.25, 0.3) is 0 Å². The van der Waals surface area contributed by atoms with Gasteiger partial charge in [0.05, 0.1) is 22.2 Å². The average Bonchev–Trinajstić information content (AvgIpc) is 2.46. The third-order valence-corrected chi connectivity index (χ3v) is 3.01. The highest BCUT2D eigenvalue weighted by molar-refractivity contribution is 5.59. The van der Waals surface area contributed by atoms with E-state index in [1.807, 2.05) is 0 Å². The number of non-ortho nitro benzene ring substituents is 1. The van der Waals surface area contributed by atoms with Crippen molar-refractivity contribution in [2.45, 2.75) is 6.54 Å². The highest BCUT2D eigenvalue weighted by Gasteiger charge is 2.12. The van der Waals surface area contributed by atoms with Gasteiger partial charge in [0.25, 0.3) is 5.69 Å². The Morgan fingerprint density at radius 2 is 2.05 bits per heavy atom. The summed E-state index contributed by atoms with van der Waals surface area (Å²) in [5.41, 5.74) is 1.36. The number of nitriles is 1. The van der Waals surface area contributed by atoms with E-state index < -0.39 is 10.7 Å². The van der Waals surface area contributed by atoms with Gasteiger partial charge < -0.3 is 4.90 Å². The number of nitrogens with zero attached hydrogens (tertiary/aromatic N) is 3. The van der Waals surface area contributed by atoms with Crippen LogP contribution in [0.1, 0.15) is 11.1 Å². The van der Waals surface area contributed by atoms with Crippen molar-refractivity contribution in [3.05, 3.63) is 69.5 Å². The summed E-state index contributed by atoms with van der Waals surface area (Å²) in [7, 11) is 1.74. The maximum absolute atomic E-state index is 13.4. The van der Waals surface area contributed by atoms with Crippen LogP contribution in [-0.2, 0) is 6.54 Å². The highest BCUT2D eigenvalue weighted by atomic mass is 19.1. The monoisotopic (exact) mass is 285 g/mol. The summed E-state index contributed by atoms with van der Waals surface area (Å²) in [5.74, 6) is -0.652. The number of rotatable bonds is 4. The molecule has 0 heterocycles. The average molecular weight is 285 g/mol. The molecule has 0 spiro atoms. The van der Waals surface area contributed by atoms with Gasteiger partial charge in [-0.3, -0.25) is 10.1 Å². The second kappa shape index (κ2) is 6.01. The first-order chi connectivity index (χ1) is 10.0. The van der Waals surface area contributed by atoms with E-state index in [1.165, 1.54) is 12.1 Å². The number of para-hydroxylation sites is 1. The standard InChI is InChI=1S/C15H12FN3O2/c1-18(15-5-3-2-4-12(15)9-17)10-11-6-13(16)8-14(7-11)19(20)21/h2-8H,10H2,1H3. The Hall–Kier alpha value is -2.94. The van der Waals surface area contributed by atoms with Gasteiger partial charge in [0, 0.05) is 19.7 Å². The van der Waals surface area contributed by atoms with Crippen molar-refractivity contribution in [1.29, 1.82) is 5.26 Å². The van der Waals surface area contributed by atoms with Gasteiger partial charge in [-0.05, 0) is 23.8 Å². The zero-order chi connectivity index (χ0) is 15.4. The van der Waals surface area contributed by atoms with Gasteiger partial charge in [-0.1, -0.05) is 12.1 Å². The molecule has 2 aromatic rings. The minimum Gasteiger partial charge on any atom is -0.369 e. The maximum Gasteiger partial charge on any atom is 0.272 e. The fourth-order valence-electron chi connectivity index (χ4n) is 2.09. The first-order valence-electron chi connectivity index (χ1n) is 6.15. The molecule has 0 aliphatic rings. The van der Waals surface area contributed by atoms with E-state index in [1.54, 1.807) is 36.2 Å². The molecule has 0 amide bonds. The number of benzene rings is 2. The first-order valence-corrected chi connectivity index (χ1v) is 6.15. The molecule has 0 saturated heterocycles. The lowest BCUT2D eigenvalue weighted by Gasteiger charge is -2.20. The second-order valence-electron chi connectivity index (χ2n) is 4.56. The molecular weight excluding hydrogens is 273 g/mol. The maximum atomic E-state index is 13.4. The van der Waals surface area contributed by atoms with Crippen LogP contribution in [0.2, 0.25) is 0 Å². The lowest BCUT2D eigenvalue weighted by atomic mass is 10.1. The molecule has 5 nitrogen and oxygen atoms in total. The predicted molar refractivity (Wildman–Crippen MR) is 76.3 cm³/mol. The number of hydrogen-bond donors (Lipinski definition) is 0. The molecule has 2 rings (SSSR count). The Bertz CT molecular complexity index is 725. The van der Waals surface area contributed by atoms with Gasteiger partial charge in [0.1, 0.15) is 11.9 Å². The first kappa shape index (κ1) is 14.5. The van der Waals surface area contributed by atoms with Gasteiger partial charge in [-0.15, -0.1) is 0 Å². The number of nitro benzene ring substituents is 1. The van der Waals surface area contributed by atoms with Crippen molar-refractivity contribution in [2.24, 2.45) is 0 Å². The molecule has 6 heteroatoms. The molecule has 2 aromatic carbocycles. The van der Waals surface area contributed by atoms with Crippen molar-refractivity contribution in [3.8, 4) is 6.07 Å². The predicted octanol–water partition coefficient (Wildman–Crippen LogP) is 3.24. The molecule has 0 radical (unpaired) electrons. The summed E-state index contributed by atoms with van der Waals surface area (Å²) in [6.07, 6.45) is 0.